The van der Waals surface area contributed by atoms with E-state index in [0.29, 0.717) is 29.9 Å². The summed E-state index contributed by atoms with van der Waals surface area (Å²) >= 11 is 0. The van der Waals surface area contributed by atoms with Crippen LogP contribution in [0.25, 0.3) is 17.1 Å². The van der Waals surface area contributed by atoms with Crippen LogP contribution in [0.1, 0.15) is 33.7 Å². The van der Waals surface area contributed by atoms with Gasteiger partial charge in [-0.15, -0.1) is 0 Å². The molecule has 0 saturated heterocycles. The molecule has 4 rings (SSSR count). The van der Waals surface area contributed by atoms with E-state index in [1.807, 2.05) is 61.0 Å². The Morgan fingerprint density at radius 3 is 2.29 bits per heavy atom. The largest absolute Gasteiger partial charge is 0.469 e. The number of hydrogen-bond acceptors (Lipinski definition) is 6. The van der Waals surface area contributed by atoms with E-state index in [2.05, 4.69) is 20.4 Å². The number of rotatable bonds is 7. The number of hydrogen-bond donors (Lipinski definition) is 1. The van der Waals surface area contributed by atoms with Crippen molar-refractivity contribution in [1.29, 1.82) is 0 Å². The number of benzene rings is 2. The molecule has 0 fully saturated rings. The Labute approximate surface area is 197 Å². The molecule has 0 spiro atoms. The molecule has 1 amide bonds. The van der Waals surface area contributed by atoms with Gasteiger partial charge in [0.2, 0.25) is 0 Å². The summed E-state index contributed by atoms with van der Waals surface area (Å²) in [5, 5.41) is 7.43. The van der Waals surface area contributed by atoms with Crippen LogP contribution in [0.2, 0.25) is 0 Å². The first-order chi connectivity index (χ1) is 16.5. The van der Waals surface area contributed by atoms with E-state index in [9.17, 15) is 9.59 Å². The Bertz CT molecular complexity index is 1300. The van der Waals surface area contributed by atoms with Gasteiger partial charge in [-0.05, 0) is 50.1 Å². The fraction of sp³-hybridized carbons (Fsp3) is 0.192. The predicted octanol–water partition coefficient (Wildman–Crippen LogP) is 4.30. The van der Waals surface area contributed by atoms with Crippen LogP contribution in [0.4, 0.5) is 5.69 Å². The molecule has 0 radical (unpaired) electrons. The monoisotopic (exact) mass is 455 g/mol. The lowest BCUT2D eigenvalue weighted by molar-refractivity contribution is -0.140. The van der Waals surface area contributed by atoms with Gasteiger partial charge in [0, 0.05) is 23.2 Å². The zero-order valence-corrected chi connectivity index (χ0v) is 19.3. The fourth-order valence-electron chi connectivity index (χ4n) is 3.70. The van der Waals surface area contributed by atoms with E-state index in [4.69, 9.17) is 4.74 Å². The van der Waals surface area contributed by atoms with Gasteiger partial charge in [0.25, 0.3) is 5.91 Å². The van der Waals surface area contributed by atoms with Crippen molar-refractivity contribution < 1.29 is 14.3 Å². The lowest BCUT2D eigenvalue weighted by Gasteiger charge is -2.08. The molecule has 0 aliphatic rings. The number of methoxy groups -OCH3 is 1. The van der Waals surface area contributed by atoms with Gasteiger partial charge in [-0.1, -0.05) is 30.3 Å². The lowest BCUT2D eigenvalue weighted by atomic mass is 10.1. The van der Waals surface area contributed by atoms with E-state index < -0.39 is 0 Å². The summed E-state index contributed by atoms with van der Waals surface area (Å²) in [4.78, 5) is 32.9. The van der Waals surface area contributed by atoms with Gasteiger partial charge in [-0.2, -0.15) is 5.10 Å². The van der Waals surface area contributed by atoms with Crippen LogP contribution in [-0.2, 0) is 16.0 Å². The zero-order chi connectivity index (χ0) is 24.1. The van der Waals surface area contributed by atoms with E-state index in [0.717, 1.165) is 28.2 Å². The number of esters is 1. The maximum Gasteiger partial charge on any atom is 0.305 e. The molecular formula is C26H25N5O3. The molecule has 2 aromatic heterocycles. The van der Waals surface area contributed by atoms with Crippen LogP contribution in [0.3, 0.4) is 0 Å². The molecule has 34 heavy (non-hydrogen) atoms. The normalized spacial score (nSPS) is 10.7. The van der Waals surface area contributed by atoms with Gasteiger partial charge in [0.05, 0.1) is 36.6 Å². The molecule has 2 aromatic carbocycles. The van der Waals surface area contributed by atoms with Crippen LogP contribution < -0.4 is 5.32 Å². The second kappa shape index (κ2) is 10.1. The van der Waals surface area contributed by atoms with Crippen LogP contribution in [0.5, 0.6) is 0 Å². The van der Waals surface area contributed by atoms with E-state index in [1.54, 1.807) is 24.5 Å². The summed E-state index contributed by atoms with van der Waals surface area (Å²) in [6.45, 7) is 3.88. The third kappa shape index (κ3) is 5.01. The Kier molecular flexibility index (Phi) is 6.77. The third-order valence-corrected chi connectivity index (χ3v) is 5.56. The van der Waals surface area contributed by atoms with Crippen LogP contribution in [0, 0.1) is 13.8 Å². The maximum atomic E-state index is 12.7. The Balaban J connectivity index is 1.44. The van der Waals surface area contributed by atoms with Gasteiger partial charge < -0.3 is 10.1 Å². The maximum absolute atomic E-state index is 12.7. The number of nitrogens with one attached hydrogen (secondary N) is 1. The highest BCUT2D eigenvalue weighted by Gasteiger charge is 2.15. The zero-order valence-electron chi connectivity index (χ0n) is 19.3. The minimum atomic E-state index is -0.255. The summed E-state index contributed by atoms with van der Waals surface area (Å²) in [6, 6.07) is 16.8. The summed E-state index contributed by atoms with van der Waals surface area (Å²) < 4.78 is 6.55. The quantitative estimate of drug-likeness (QED) is 0.417. The van der Waals surface area contributed by atoms with Crippen molar-refractivity contribution >= 4 is 17.6 Å². The first-order valence-corrected chi connectivity index (χ1v) is 10.9. The highest BCUT2D eigenvalue weighted by molar-refractivity contribution is 6.04. The molecule has 2 heterocycles. The molecular weight excluding hydrogens is 430 g/mol. The second-order valence-electron chi connectivity index (χ2n) is 7.80. The number of nitrogens with zero attached hydrogens (tertiary/aromatic N) is 4. The summed E-state index contributed by atoms with van der Waals surface area (Å²) in [5.74, 6) is 0.0931. The highest BCUT2D eigenvalue weighted by Crippen LogP contribution is 2.21. The van der Waals surface area contributed by atoms with Crippen molar-refractivity contribution in [2.45, 2.75) is 26.7 Å². The molecule has 0 unspecified atom stereocenters. The summed E-state index contributed by atoms with van der Waals surface area (Å²) in [6.07, 6.45) is 4.05. The van der Waals surface area contributed by atoms with Crippen LogP contribution >= 0.6 is 0 Å². The number of carbonyl (C=O) groups excluding carboxylic acids is 2. The summed E-state index contributed by atoms with van der Waals surface area (Å²) in [7, 11) is 1.38. The number of aryl methyl sites for hydroxylation is 1. The van der Waals surface area contributed by atoms with Crippen molar-refractivity contribution in [1.82, 2.24) is 19.7 Å². The number of aromatic nitrogens is 4. The van der Waals surface area contributed by atoms with Gasteiger partial charge in [-0.3, -0.25) is 9.59 Å². The molecule has 4 aromatic rings. The fourth-order valence-corrected chi connectivity index (χ4v) is 3.70. The van der Waals surface area contributed by atoms with Gasteiger partial charge >= 0.3 is 5.97 Å². The van der Waals surface area contributed by atoms with Crippen molar-refractivity contribution in [3.8, 4) is 17.1 Å². The first-order valence-electron chi connectivity index (χ1n) is 10.9. The van der Waals surface area contributed by atoms with Gasteiger partial charge in [0.15, 0.2) is 5.82 Å². The standard InChI is InChI=1S/C26H25N5O3/c1-17-23(13-14-24(32)34-3)18(2)31(30-17)22-11-9-20(10-12-22)26(33)29-21-15-27-25(28-16-21)19-7-5-4-6-8-19/h4-12,15-16H,13-14H2,1-3H3,(H,29,33). The average molecular weight is 456 g/mol. The Hall–Kier alpha value is -4.33. The molecule has 1 N–H and O–H groups in total. The number of amides is 1. The predicted molar refractivity (Wildman–Crippen MR) is 129 cm³/mol. The third-order valence-electron chi connectivity index (χ3n) is 5.56. The number of carbonyl (C=O) groups is 2. The highest BCUT2D eigenvalue weighted by atomic mass is 16.5. The van der Waals surface area contributed by atoms with Gasteiger partial charge in [-0.25, -0.2) is 14.6 Å². The Morgan fingerprint density at radius 2 is 1.65 bits per heavy atom. The number of anilines is 1. The second-order valence-corrected chi connectivity index (χ2v) is 7.80. The van der Waals surface area contributed by atoms with Crippen molar-refractivity contribution in [2.75, 3.05) is 12.4 Å². The topological polar surface area (TPSA) is 99.0 Å². The van der Waals surface area contributed by atoms with Crippen molar-refractivity contribution in [3.05, 3.63) is 89.5 Å². The molecule has 8 heteroatoms. The van der Waals surface area contributed by atoms with Crippen LogP contribution in [0.15, 0.2) is 67.0 Å². The van der Waals surface area contributed by atoms with E-state index in [1.165, 1.54) is 7.11 Å². The Morgan fingerprint density at radius 1 is 0.971 bits per heavy atom. The van der Waals surface area contributed by atoms with Crippen molar-refractivity contribution in [2.24, 2.45) is 0 Å². The minimum absolute atomic E-state index is 0.248. The molecule has 0 atom stereocenters. The smallest absolute Gasteiger partial charge is 0.305 e. The summed E-state index contributed by atoms with van der Waals surface area (Å²) in [5.41, 5.74) is 5.60. The molecule has 0 bridgehead atoms. The van der Waals surface area contributed by atoms with E-state index >= 15 is 0 Å². The molecule has 0 aliphatic heterocycles. The molecule has 8 nitrogen and oxygen atoms in total. The molecule has 0 aliphatic carbocycles. The SMILES string of the molecule is COC(=O)CCc1c(C)nn(-c2ccc(C(=O)Nc3cnc(-c4ccccc4)nc3)cc2)c1C. The molecule has 172 valence electrons. The number of ether oxygens (including phenoxy) is 1. The first kappa shape index (κ1) is 22.8. The lowest BCUT2D eigenvalue weighted by Crippen LogP contribution is -2.12. The van der Waals surface area contributed by atoms with Crippen LogP contribution in [-0.4, -0.2) is 38.7 Å². The average Bonchev–Trinajstić information content (AvgIpc) is 3.16. The van der Waals surface area contributed by atoms with Gasteiger partial charge in [0.1, 0.15) is 0 Å². The van der Waals surface area contributed by atoms with E-state index in [-0.39, 0.29) is 11.9 Å². The minimum Gasteiger partial charge on any atom is -0.469 e. The molecule has 0 saturated carbocycles. The van der Waals surface area contributed by atoms with Crippen molar-refractivity contribution in [3.63, 3.8) is 0 Å².